The number of piperidine rings is 1. The summed E-state index contributed by atoms with van der Waals surface area (Å²) in [7, 11) is 0. The molecule has 1 aliphatic rings. The average molecular weight is 380 g/mol. The number of nitrogens with one attached hydrogen (secondary N) is 1. The van der Waals surface area contributed by atoms with E-state index in [9.17, 15) is 4.79 Å². The maximum Gasteiger partial charge on any atom is 0.268 e. The molecule has 1 N–H and O–H groups in total. The highest BCUT2D eigenvalue weighted by molar-refractivity contribution is 5.97. The van der Waals surface area contributed by atoms with Gasteiger partial charge in [-0.25, -0.2) is 0 Å². The Morgan fingerprint density at radius 2 is 1.82 bits per heavy atom. The van der Waals surface area contributed by atoms with Crippen LogP contribution in [0.25, 0.3) is 11.1 Å². The first kappa shape index (κ1) is 18.8. The van der Waals surface area contributed by atoms with Gasteiger partial charge in [0.1, 0.15) is 11.5 Å². The number of likely N-dealkylation sites (tertiary alicyclic amines) is 1. The molecule has 0 atom stereocenters. The lowest BCUT2D eigenvalue weighted by molar-refractivity contribution is 0.0938. The van der Waals surface area contributed by atoms with E-state index in [0.717, 1.165) is 36.5 Å². The van der Waals surface area contributed by atoms with Gasteiger partial charge in [0.15, 0.2) is 5.58 Å². The van der Waals surface area contributed by atoms with Crippen molar-refractivity contribution >= 4 is 17.0 Å². The molecular weight excluding hydrogens is 350 g/mol. The third kappa shape index (κ3) is 4.14. The van der Waals surface area contributed by atoms with Gasteiger partial charge in [-0.3, -0.25) is 4.79 Å². The smallest absolute Gasteiger partial charge is 0.268 e. The van der Waals surface area contributed by atoms with Crippen molar-refractivity contribution in [3.8, 4) is 0 Å². The number of furan rings is 1. The lowest BCUT2D eigenvalue weighted by Gasteiger charge is -2.26. The van der Waals surface area contributed by atoms with E-state index >= 15 is 0 Å². The molecule has 4 rings (SSSR count). The van der Waals surface area contributed by atoms with E-state index in [2.05, 4.69) is 46.0 Å². The summed E-state index contributed by atoms with van der Waals surface area (Å²) in [5.74, 6) is 0.827. The van der Waals surface area contributed by atoms with Gasteiger partial charge in [-0.15, -0.1) is 0 Å². The van der Waals surface area contributed by atoms with Crippen LogP contribution in [0.2, 0.25) is 0 Å². The van der Waals surface area contributed by atoms with E-state index in [1.165, 1.54) is 30.4 Å². The van der Waals surface area contributed by atoms with Crippen LogP contribution in [0.5, 0.6) is 0 Å². The van der Waals surface area contributed by atoms with Gasteiger partial charge in [-0.1, -0.05) is 36.2 Å². The minimum absolute atomic E-state index is 0.0341. The van der Waals surface area contributed by atoms with Gasteiger partial charge in [0.2, 0.25) is 0 Å². The molecule has 5 nitrogen and oxygen atoms in total. The molecule has 0 unspecified atom stereocenters. The van der Waals surface area contributed by atoms with Crippen molar-refractivity contribution in [3.63, 3.8) is 0 Å². The van der Waals surface area contributed by atoms with Crippen LogP contribution in [0.15, 0.2) is 40.8 Å². The second-order valence-electron chi connectivity index (χ2n) is 7.87. The molecule has 1 fully saturated rings. The molecule has 1 aliphatic heterocycles. The van der Waals surface area contributed by atoms with E-state index in [-0.39, 0.29) is 5.91 Å². The molecule has 28 heavy (non-hydrogen) atoms. The third-order valence-electron chi connectivity index (χ3n) is 5.57. The Morgan fingerprint density at radius 3 is 2.57 bits per heavy atom. The van der Waals surface area contributed by atoms with Crippen LogP contribution in [0, 0.1) is 13.8 Å². The number of amides is 1. The SMILES string of the molecule is Cc1ccc(Cn2c(C(=O)NCCN3CCCCC3)cc3oc(C)cc32)cc1. The van der Waals surface area contributed by atoms with Gasteiger partial charge in [0.05, 0.1) is 5.52 Å². The quantitative estimate of drug-likeness (QED) is 0.701. The maximum atomic E-state index is 12.9. The number of carbonyl (C=O) groups is 1. The molecule has 0 saturated carbocycles. The highest BCUT2D eigenvalue weighted by atomic mass is 16.3. The molecule has 5 heteroatoms. The van der Waals surface area contributed by atoms with Crippen LogP contribution < -0.4 is 5.32 Å². The molecule has 1 saturated heterocycles. The predicted molar refractivity (Wildman–Crippen MR) is 112 cm³/mol. The van der Waals surface area contributed by atoms with Crippen molar-refractivity contribution in [3.05, 3.63) is 59.0 Å². The number of benzene rings is 1. The van der Waals surface area contributed by atoms with Crippen LogP contribution in [0.3, 0.4) is 0 Å². The van der Waals surface area contributed by atoms with Gasteiger partial charge < -0.3 is 19.2 Å². The zero-order chi connectivity index (χ0) is 19.5. The van der Waals surface area contributed by atoms with Crippen LogP contribution >= 0.6 is 0 Å². The fourth-order valence-electron chi connectivity index (χ4n) is 4.00. The topological polar surface area (TPSA) is 50.4 Å². The number of fused-ring (bicyclic) bond motifs is 1. The minimum atomic E-state index is -0.0341. The summed E-state index contributed by atoms with van der Waals surface area (Å²) in [6, 6.07) is 12.3. The largest absolute Gasteiger partial charge is 0.460 e. The molecule has 3 heterocycles. The van der Waals surface area contributed by atoms with Gasteiger partial charge in [0.25, 0.3) is 5.91 Å². The van der Waals surface area contributed by atoms with Gasteiger partial charge in [0, 0.05) is 31.8 Å². The summed E-state index contributed by atoms with van der Waals surface area (Å²) in [4.78, 5) is 15.3. The summed E-state index contributed by atoms with van der Waals surface area (Å²) < 4.78 is 7.85. The van der Waals surface area contributed by atoms with Crippen molar-refractivity contribution in [2.24, 2.45) is 0 Å². The molecule has 1 amide bonds. The number of carbonyl (C=O) groups excluding carboxylic acids is 1. The van der Waals surface area contributed by atoms with Crippen LogP contribution in [-0.2, 0) is 6.54 Å². The van der Waals surface area contributed by atoms with Crippen molar-refractivity contribution in [1.29, 1.82) is 0 Å². The lowest BCUT2D eigenvalue weighted by atomic mass is 10.1. The average Bonchev–Trinajstić information content (AvgIpc) is 3.21. The summed E-state index contributed by atoms with van der Waals surface area (Å²) in [6.07, 6.45) is 3.86. The lowest BCUT2D eigenvalue weighted by Crippen LogP contribution is -2.38. The number of aromatic nitrogens is 1. The summed E-state index contributed by atoms with van der Waals surface area (Å²) >= 11 is 0. The fourth-order valence-corrected chi connectivity index (χ4v) is 4.00. The monoisotopic (exact) mass is 379 g/mol. The fraction of sp³-hybridized carbons (Fsp3) is 0.435. The highest BCUT2D eigenvalue weighted by Crippen LogP contribution is 2.25. The van der Waals surface area contributed by atoms with Gasteiger partial charge in [-0.2, -0.15) is 0 Å². The standard InChI is InChI=1S/C23H29N3O2/c1-17-6-8-19(9-7-17)16-26-20-14-18(2)28-22(20)15-21(26)23(27)24-10-13-25-11-4-3-5-12-25/h6-9,14-15H,3-5,10-13,16H2,1-2H3,(H,24,27). The molecular formula is C23H29N3O2. The Bertz CT molecular complexity index is 946. The molecule has 2 aromatic heterocycles. The zero-order valence-corrected chi connectivity index (χ0v) is 16.8. The molecule has 148 valence electrons. The van der Waals surface area contributed by atoms with Crippen LogP contribution in [0.4, 0.5) is 0 Å². The number of nitrogens with zero attached hydrogens (tertiary/aromatic N) is 2. The van der Waals surface area contributed by atoms with Gasteiger partial charge in [-0.05, 0) is 45.3 Å². The van der Waals surface area contributed by atoms with Crippen LogP contribution in [-0.4, -0.2) is 41.6 Å². The Labute approximate surface area is 166 Å². The van der Waals surface area contributed by atoms with Gasteiger partial charge >= 0.3 is 0 Å². The summed E-state index contributed by atoms with van der Waals surface area (Å²) in [5, 5.41) is 3.10. The first-order chi connectivity index (χ1) is 13.6. The molecule has 0 radical (unpaired) electrons. The maximum absolute atomic E-state index is 12.9. The number of hydrogen-bond donors (Lipinski definition) is 1. The normalized spacial score (nSPS) is 15.2. The van der Waals surface area contributed by atoms with Crippen molar-refractivity contribution in [2.45, 2.75) is 39.7 Å². The summed E-state index contributed by atoms with van der Waals surface area (Å²) in [5.41, 5.74) is 4.80. The molecule has 0 bridgehead atoms. The number of rotatable bonds is 6. The zero-order valence-electron chi connectivity index (χ0n) is 16.8. The number of aryl methyl sites for hydroxylation is 2. The number of hydrogen-bond acceptors (Lipinski definition) is 3. The van der Waals surface area contributed by atoms with Crippen LogP contribution in [0.1, 0.15) is 46.6 Å². The highest BCUT2D eigenvalue weighted by Gasteiger charge is 2.19. The Kier molecular flexibility index (Phi) is 5.53. The van der Waals surface area contributed by atoms with E-state index < -0.39 is 0 Å². The predicted octanol–water partition coefficient (Wildman–Crippen LogP) is 4.12. The molecule has 0 aliphatic carbocycles. The summed E-state index contributed by atoms with van der Waals surface area (Å²) in [6.45, 7) is 8.55. The third-order valence-corrected chi connectivity index (χ3v) is 5.57. The van der Waals surface area contributed by atoms with Crippen molar-refractivity contribution in [1.82, 2.24) is 14.8 Å². The second-order valence-corrected chi connectivity index (χ2v) is 7.87. The first-order valence-corrected chi connectivity index (χ1v) is 10.3. The Hall–Kier alpha value is -2.53. The van der Waals surface area contributed by atoms with E-state index in [1.807, 2.05) is 19.1 Å². The minimum Gasteiger partial charge on any atom is -0.460 e. The Balaban J connectivity index is 1.51. The first-order valence-electron chi connectivity index (χ1n) is 10.3. The molecule has 0 spiro atoms. The van der Waals surface area contributed by atoms with E-state index in [1.54, 1.807) is 0 Å². The second kappa shape index (κ2) is 8.23. The molecule has 3 aromatic rings. The molecule has 1 aromatic carbocycles. The van der Waals surface area contributed by atoms with E-state index in [4.69, 9.17) is 4.42 Å². The Morgan fingerprint density at radius 1 is 1.07 bits per heavy atom. The van der Waals surface area contributed by atoms with Crippen molar-refractivity contribution in [2.75, 3.05) is 26.2 Å². The van der Waals surface area contributed by atoms with Crippen molar-refractivity contribution < 1.29 is 9.21 Å². The van der Waals surface area contributed by atoms with E-state index in [0.29, 0.717) is 18.8 Å².